The van der Waals surface area contributed by atoms with Crippen molar-refractivity contribution in [2.45, 2.75) is 52.0 Å². The zero-order chi connectivity index (χ0) is 13.0. The summed E-state index contributed by atoms with van der Waals surface area (Å²) in [6.07, 6.45) is 7.92. The van der Waals surface area contributed by atoms with Crippen LogP contribution in [-0.2, 0) is 0 Å². The number of nitrogens with one attached hydrogen (secondary N) is 2. The molecule has 0 radical (unpaired) electrons. The van der Waals surface area contributed by atoms with E-state index < -0.39 is 0 Å². The number of nitrogens with zero attached hydrogens (tertiary/aromatic N) is 2. The highest BCUT2D eigenvalue weighted by Gasteiger charge is 2.17. The second kappa shape index (κ2) is 6.00. The maximum Gasteiger partial charge on any atom is 0.148 e. The molecule has 1 aromatic rings. The lowest BCUT2D eigenvalue weighted by molar-refractivity contribution is 0.502. The normalized spacial score (nSPS) is 24.4. The Morgan fingerprint density at radius 3 is 2.72 bits per heavy atom. The van der Waals surface area contributed by atoms with Crippen molar-refractivity contribution in [3.8, 4) is 0 Å². The molecule has 2 rings (SSSR count). The van der Waals surface area contributed by atoms with E-state index >= 15 is 0 Å². The van der Waals surface area contributed by atoms with Crippen molar-refractivity contribution < 1.29 is 0 Å². The summed E-state index contributed by atoms with van der Waals surface area (Å²) in [5, 5.41) is 3.54. The van der Waals surface area contributed by atoms with Crippen LogP contribution in [0.2, 0.25) is 0 Å². The Hall–Kier alpha value is -1.36. The van der Waals surface area contributed by atoms with Crippen LogP contribution in [0.5, 0.6) is 0 Å². The van der Waals surface area contributed by atoms with Crippen molar-refractivity contribution in [1.29, 1.82) is 0 Å². The Bertz CT molecular complexity index is 393. The Balaban J connectivity index is 2.04. The number of aromatic nitrogens is 2. The van der Waals surface area contributed by atoms with Gasteiger partial charge in [0.05, 0.1) is 0 Å². The molecule has 0 bridgehead atoms. The Morgan fingerprint density at radius 2 is 1.94 bits per heavy atom. The van der Waals surface area contributed by atoms with Gasteiger partial charge in [0.1, 0.15) is 18.0 Å². The lowest BCUT2D eigenvalue weighted by Crippen LogP contribution is -2.21. The standard InChI is InChI=1S/C13H23N5/c1-9-4-3-5-11(7-6-9)17-12-10(2)13(18-14)16-8-15-12/h8-9,11H,3-7,14H2,1-2H3,(H2,15,16,17,18). The van der Waals surface area contributed by atoms with Crippen LogP contribution in [0.15, 0.2) is 6.33 Å². The summed E-state index contributed by atoms with van der Waals surface area (Å²) in [4.78, 5) is 8.41. The van der Waals surface area contributed by atoms with Crippen LogP contribution in [0.3, 0.4) is 0 Å². The molecule has 1 aliphatic rings. The third kappa shape index (κ3) is 3.10. The van der Waals surface area contributed by atoms with Gasteiger partial charge < -0.3 is 10.7 Å². The molecule has 5 heteroatoms. The summed E-state index contributed by atoms with van der Waals surface area (Å²) in [5.74, 6) is 7.87. The van der Waals surface area contributed by atoms with Crippen molar-refractivity contribution in [2.75, 3.05) is 10.7 Å². The van der Waals surface area contributed by atoms with Crippen molar-refractivity contribution in [3.05, 3.63) is 11.9 Å². The van der Waals surface area contributed by atoms with Gasteiger partial charge in [-0.05, 0) is 32.1 Å². The number of anilines is 2. The molecule has 4 N–H and O–H groups in total. The quantitative estimate of drug-likeness (QED) is 0.436. The van der Waals surface area contributed by atoms with E-state index in [4.69, 9.17) is 5.84 Å². The first-order chi connectivity index (χ1) is 8.70. The monoisotopic (exact) mass is 249 g/mol. The lowest BCUT2D eigenvalue weighted by atomic mass is 10.0. The van der Waals surface area contributed by atoms with Crippen molar-refractivity contribution in [2.24, 2.45) is 11.8 Å². The van der Waals surface area contributed by atoms with Crippen LogP contribution < -0.4 is 16.6 Å². The SMILES string of the molecule is Cc1c(NN)ncnc1NC1CCCC(C)CC1. The molecule has 2 atom stereocenters. The molecule has 18 heavy (non-hydrogen) atoms. The fourth-order valence-electron chi connectivity index (χ4n) is 2.57. The molecule has 2 unspecified atom stereocenters. The Kier molecular flexibility index (Phi) is 4.36. The first kappa shape index (κ1) is 13.1. The molecule has 5 nitrogen and oxygen atoms in total. The van der Waals surface area contributed by atoms with Gasteiger partial charge in [0.25, 0.3) is 0 Å². The summed E-state index contributed by atoms with van der Waals surface area (Å²) in [5.41, 5.74) is 3.58. The summed E-state index contributed by atoms with van der Waals surface area (Å²) in [7, 11) is 0. The van der Waals surface area contributed by atoms with Gasteiger partial charge in [0.2, 0.25) is 0 Å². The maximum atomic E-state index is 5.43. The summed E-state index contributed by atoms with van der Waals surface area (Å²) in [6.45, 7) is 4.33. The first-order valence-corrected chi connectivity index (χ1v) is 6.75. The van der Waals surface area contributed by atoms with E-state index in [0.29, 0.717) is 11.9 Å². The first-order valence-electron chi connectivity index (χ1n) is 6.75. The van der Waals surface area contributed by atoms with Crippen LogP contribution >= 0.6 is 0 Å². The highest BCUT2D eigenvalue weighted by atomic mass is 15.3. The number of hydrazine groups is 1. The Labute approximate surface area is 109 Å². The van der Waals surface area contributed by atoms with Crippen LogP contribution in [0, 0.1) is 12.8 Å². The van der Waals surface area contributed by atoms with E-state index in [1.807, 2.05) is 6.92 Å². The number of hydrogen-bond acceptors (Lipinski definition) is 5. The lowest BCUT2D eigenvalue weighted by Gasteiger charge is -2.19. The van der Waals surface area contributed by atoms with E-state index in [9.17, 15) is 0 Å². The molecule has 1 aliphatic carbocycles. The molecule has 0 aliphatic heterocycles. The fourth-order valence-corrected chi connectivity index (χ4v) is 2.57. The van der Waals surface area contributed by atoms with Crippen molar-refractivity contribution >= 4 is 11.6 Å². The fraction of sp³-hybridized carbons (Fsp3) is 0.692. The predicted molar refractivity (Wildman–Crippen MR) is 74.2 cm³/mol. The minimum absolute atomic E-state index is 0.522. The van der Waals surface area contributed by atoms with E-state index in [2.05, 4.69) is 27.6 Å². The molecule has 1 fully saturated rings. The van der Waals surface area contributed by atoms with Crippen LogP contribution in [0.25, 0.3) is 0 Å². The average Bonchev–Trinajstić information content (AvgIpc) is 2.57. The Morgan fingerprint density at radius 1 is 1.17 bits per heavy atom. The molecule has 0 amide bonds. The van der Waals surface area contributed by atoms with E-state index in [0.717, 1.165) is 17.3 Å². The number of hydrogen-bond donors (Lipinski definition) is 3. The molecular weight excluding hydrogens is 226 g/mol. The molecule has 1 aromatic heterocycles. The van der Waals surface area contributed by atoms with Crippen LogP contribution in [0.1, 0.15) is 44.6 Å². The average molecular weight is 249 g/mol. The maximum absolute atomic E-state index is 5.43. The second-order valence-electron chi connectivity index (χ2n) is 5.29. The molecule has 0 saturated heterocycles. The predicted octanol–water partition coefficient (Wildman–Crippen LogP) is 2.45. The van der Waals surface area contributed by atoms with Gasteiger partial charge in [-0.15, -0.1) is 0 Å². The van der Waals surface area contributed by atoms with Gasteiger partial charge in [-0.1, -0.05) is 19.8 Å². The minimum Gasteiger partial charge on any atom is -0.367 e. The smallest absolute Gasteiger partial charge is 0.148 e. The second-order valence-corrected chi connectivity index (χ2v) is 5.29. The van der Waals surface area contributed by atoms with Crippen molar-refractivity contribution in [3.63, 3.8) is 0 Å². The molecule has 1 saturated carbocycles. The third-order valence-electron chi connectivity index (χ3n) is 3.82. The largest absolute Gasteiger partial charge is 0.367 e. The number of nitrogens with two attached hydrogens (primary N) is 1. The van der Waals surface area contributed by atoms with Gasteiger partial charge in [-0.25, -0.2) is 15.8 Å². The molecule has 0 aromatic carbocycles. The third-order valence-corrected chi connectivity index (χ3v) is 3.82. The number of rotatable bonds is 3. The van der Waals surface area contributed by atoms with Gasteiger partial charge in [-0.2, -0.15) is 0 Å². The zero-order valence-electron chi connectivity index (χ0n) is 11.2. The van der Waals surface area contributed by atoms with Gasteiger partial charge >= 0.3 is 0 Å². The van der Waals surface area contributed by atoms with Crippen LogP contribution in [-0.4, -0.2) is 16.0 Å². The van der Waals surface area contributed by atoms with Crippen LogP contribution in [0.4, 0.5) is 11.6 Å². The summed E-state index contributed by atoms with van der Waals surface area (Å²) >= 11 is 0. The molecule has 100 valence electrons. The summed E-state index contributed by atoms with van der Waals surface area (Å²) < 4.78 is 0. The van der Waals surface area contributed by atoms with E-state index in [1.54, 1.807) is 6.33 Å². The zero-order valence-corrected chi connectivity index (χ0v) is 11.2. The van der Waals surface area contributed by atoms with Gasteiger partial charge in [0, 0.05) is 11.6 Å². The van der Waals surface area contributed by atoms with E-state index in [-0.39, 0.29) is 0 Å². The molecule has 1 heterocycles. The number of nitrogen functional groups attached to an aromatic ring is 1. The summed E-state index contributed by atoms with van der Waals surface area (Å²) in [6, 6.07) is 0.522. The molecular formula is C13H23N5. The van der Waals surface area contributed by atoms with Gasteiger partial charge in [-0.3, -0.25) is 0 Å². The van der Waals surface area contributed by atoms with Crippen molar-refractivity contribution in [1.82, 2.24) is 9.97 Å². The van der Waals surface area contributed by atoms with E-state index in [1.165, 1.54) is 32.1 Å². The minimum atomic E-state index is 0.522. The van der Waals surface area contributed by atoms with Gasteiger partial charge in [0.15, 0.2) is 0 Å². The highest BCUT2D eigenvalue weighted by Crippen LogP contribution is 2.26. The molecule has 0 spiro atoms. The highest BCUT2D eigenvalue weighted by molar-refractivity contribution is 5.56. The topological polar surface area (TPSA) is 75.9 Å².